The molecule has 0 fully saturated rings. The van der Waals surface area contributed by atoms with E-state index in [4.69, 9.17) is 4.18 Å². The maximum Gasteiger partial charge on any atom is 0.339 e. The van der Waals surface area contributed by atoms with Crippen molar-refractivity contribution in [1.29, 1.82) is 0 Å². The molecule has 0 spiro atoms. The average Bonchev–Trinajstić information content (AvgIpc) is 2.55. The van der Waals surface area contributed by atoms with Gasteiger partial charge in [0.05, 0.1) is 4.90 Å². The van der Waals surface area contributed by atoms with Crippen molar-refractivity contribution in [1.82, 2.24) is 0 Å². The zero-order valence-electron chi connectivity index (χ0n) is 14.6. The molecule has 0 aliphatic rings. The van der Waals surface area contributed by atoms with Gasteiger partial charge in [-0.25, -0.2) is 8.42 Å². The van der Waals surface area contributed by atoms with Gasteiger partial charge < -0.3 is 4.18 Å². The van der Waals surface area contributed by atoms with Gasteiger partial charge in [-0.2, -0.15) is 8.42 Å². The molecule has 26 heavy (non-hydrogen) atoms. The van der Waals surface area contributed by atoms with Gasteiger partial charge in [-0.1, -0.05) is 30.3 Å². The van der Waals surface area contributed by atoms with Gasteiger partial charge in [0, 0.05) is 6.26 Å². The van der Waals surface area contributed by atoms with Crippen LogP contribution in [0.15, 0.2) is 64.4 Å². The van der Waals surface area contributed by atoms with Crippen LogP contribution in [0.4, 0.5) is 0 Å². The van der Waals surface area contributed by atoms with E-state index in [-0.39, 0.29) is 21.1 Å². The van der Waals surface area contributed by atoms with Crippen LogP contribution in [-0.4, -0.2) is 23.1 Å². The van der Waals surface area contributed by atoms with Gasteiger partial charge in [-0.15, -0.1) is 0 Å². The molecule has 5 nitrogen and oxygen atoms in total. The van der Waals surface area contributed by atoms with Crippen LogP contribution in [0.25, 0.3) is 10.8 Å². The SMILES string of the molecule is Cc1cc(S(C)(=O)=O)c(C)c(S(=O)(=O)Oc2ccc3ccccc3c2)c1. The highest BCUT2D eigenvalue weighted by Crippen LogP contribution is 2.29. The van der Waals surface area contributed by atoms with Crippen LogP contribution in [0.1, 0.15) is 11.1 Å². The zero-order valence-corrected chi connectivity index (χ0v) is 16.2. The van der Waals surface area contributed by atoms with Crippen LogP contribution in [0.3, 0.4) is 0 Å². The molecular formula is C19H18O5S2. The summed E-state index contributed by atoms with van der Waals surface area (Å²) in [7, 11) is -7.74. The highest BCUT2D eigenvalue weighted by atomic mass is 32.2. The molecule has 0 heterocycles. The van der Waals surface area contributed by atoms with Crippen LogP contribution < -0.4 is 4.18 Å². The third-order valence-corrected chi connectivity index (χ3v) is 6.65. The van der Waals surface area contributed by atoms with Crippen LogP contribution >= 0.6 is 0 Å². The standard InChI is InChI=1S/C19H18O5S2/c1-13-10-18(25(3,20)21)14(2)19(11-13)26(22,23)24-17-9-8-15-6-4-5-7-16(15)12-17/h4-12H,1-3H3. The molecule has 3 rings (SSSR count). The van der Waals surface area contributed by atoms with E-state index >= 15 is 0 Å². The van der Waals surface area contributed by atoms with Gasteiger partial charge in [-0.3, -0.25) is 0 Å². The summed E-state index contributed by atoms with van der Waals surface area (Å²) in [6.45, 7) is 3.11. The summed E-state index contributed by atoms with van der Waals surface area (Å²) < 4.78 is 54.7. The van der Waals surface area contributed by atoms with Crippen LogP contribution in [0, 0.1) is 13.8 Å². The van der Waals surface area contributed by atoms with Crippen molar-refractivity contribution in [2.45, 2.75) is 23.6 Å². The summed E-state index contributed by atoms with van der Waals surface area (Å²) in [4.78, 5) is -0.163. The van der Waals surface area contributed by atoms with Gasteiger partial charge in [-0.05, 0) is 60.0 Å². The van der Waals surface area contributed by atoms with E-state index in [1.165, 1.54) is 19.1 Å². The first-order chi connectivity index (χ1) is 12.1. The second-order valence-electron chi connectivity index (χ2n) is 6.20. The van der Waals surface area contributed by atoms with Crippen molar-refractivity contribution in [3.8, 4) is 5.75 Å². The highest BCUT2D eigenvalue weighted by Gasteiger charge is 2.24. The largest absolute Gasteiger partial charge is 0.379 e. The van der Waals surface area contributed by atoms with Gasteiger partial charge in [0.1, 0.15) is 10.6 Å². The van der Waals surface area contributed by atoms with Gasteiger partial charge in [0.15, 0.2) is 9.84 Å². The van der Waals surface area contributed by atoms with Crippen molar-refractivity contribution >= 4 is 30.7 Å². The molecule has 0 saturated heterocycles. The lowest BCUT2D eigenvalue weighted by atomic mass is 10.1. The number of fused-ring (bicyclic) bond motifs is 1. The topological polar surface area (TPSA) is 77.5 Å². The van der Waals surface area contributed by atoms with E-state index in [0.717, 1.165) is 17.0 Å². The smallest absolute Gasteiger partial charge is 0.339 e. The zero-order chi connectivity index (χ0) is 19.1. The first-order valence-electron chi connectivity index (χ1n) is 7.82. The van der Waals surface area contributed by atoms with Crippen molar-refractivity contribution in [2.75, 3.05) is 6.26 Å². The van der Waals surface area contributed by atoms with Gasteiger partial charge >= 0.3 is 10.1 Å². The molecule has 0 aliphatic carbocycles. The fraction of sp³-hybridized carbons (Fsp3) is 0.158. The molecule has 0 radical (unpaired) electrons. The maximum absolute atomic E-state index is 12.8. The fourth-order valence-electron chi connectivity index (χ4n) is 2.83. The number of hydrogen-bond donors (Lipinski definition) is 0. The van der Waals surface area contributed by atoms with E-state index in [0.29, 0.717) is 5.56 Å². The Bertz CT molecular complexity index is 1210. The third kappa shape index (κ3) is 3.59. The van der Waals surface area contributed by atoms with Crippen molar-refractivity contribution in [3.05, 3.63) is 65.7 Å². The molecule has 0 saturated carbocycles. The quantitative estimate of drug-likeness (QED) is 0.636. The van der Waals surface area contributed by atoms with E-state index < -0.39 is 20.0 Å². The minimum absolute atomic E-state index is 0.0156. The Balaban J connectivity index is 2.09. The normalized spacial score (nSPS) is 12.3. The molecule has 0 N–H and O–H groups in total. The summed E-state index contributed by atoms with van der Waals surface area (Å²) in [5.41, 5.74) is 0.676. The van der Waals surface area contributed by atoms with Crippen LogP contribution in [-0.2, 0) is 20.0 Å². The van der Waals surface area contributed by atoms with Crippen LogP contribution in [0.5, 0.6) is 5.75 Å². The monoisotopic (exact) mass is 390 g/mol. The molecule has 0 atom stereocenters. The van der Waals surface area contributed by atoms with E-state index in [1.807, 2.05) is 24.3 Å². The first-order valence-corrected chi connectivity index (χ1v) is 11.1. The van der Waals surface area contributed by atoms with E-state index in [2.05, 4.69) is 0 Å². The highest BCUT2D eigenvalue weighted by molar-refractivity contribution is 7.91. The molecule has 0 aromatic heterocycles. The van der Waals surface area contributed by atoms with E-state index in [9.17, 15) is 16.8 Å². The van der Waals surface area contributed by atoms with Crippen LogP contribution in [0.2, 0.25) is 0 Å². The molecule has 0 aliphatic heterocycles. The third-order valence-electron chi connectivity index (χ3n) is 4.05. The maximum atomic E-state index is 12.8. The fourth-order valence-corrected chi connectivity index (χ4v) is 5.22. The lowest BCUT2D eigenvalue weighted by molar-refractivity contribution is 0.485. The van der Waals surface area contributed by atoms with Gasteiger partial charge in [0.2, 0.25) is 0 Å². The molecule has 0 bridgehead atoms. The lowest BCUT2D eigenvalue weighted by Gasteiger charge is -2.13. The summed E-state index contributed by atoms with van der Waals surface area (Å²) in [6.07, 6.45) is 1.05. The first kappa shape index (κ1) is 18.4. The molecular weight excluding hydrogens is 372 g/mol. The Morgan fingerprint density at radius 1 is 0.769 bits per heavy atom. The summed E-state index contributed by atoms with van der Waals surface area (Å²) >= 11 is 0. The molecule has 0 amide bonds. The number of aryl methyl sites for hydroxylation is 1. The molecule has 3 aromatic rings. The molecule has 0 unspecified atom stereocenters. The predicted molar refractivity (Wildman–Crippen MR) is 101 cm³/mol. The second-order valence-corrected chi connectivity index (χ2v) is 9.70. The number of sulfone groups is 1. The Hall–Kier alpha value is -2.38. The average molecular weight is 390 g/mol. The second kappa shape index (κ2) is 6.41. The summed E-state index contributed by atoms with van der Waals surface area (Å²) in [5.74, 6) is 0.172. The minimum Gasteiger partial charge on any atom is -0.379 e. The van der Waals surface area contributed by atoms with Crippen molar-refractivity contribution in [3.63, 3.8) is 0 Å². The predicted octanol–water partition coefficient (Wildman–Crippen LogP) is 3.63. The number of rotatable bonds is 4. The Labute approximate surface area is 153 Å². The molecule has 136 valence electrons. The summed E-state index contributed by atoms with van der Waals surface area (Å²) in [5, 5.41) is 1.81. The lowest BCUT2D eigenvalue weighted by Crippen LogP contribution is -2.14. The Morgan fingerprint density at radius 3 is 2.04 bits per heavy atom. The van der Waals surface area contributed by atoms with Gasteiger partial charge in [0.25, 0.3) is 0 Å². The Morgan fingerprint density at radius 2 is 1.38 bits per heavy atom. The van der Waals surface area contributed by atoms with Crippen molar-refractivity contribution < 1.29 is 21.0 Å². The van der Waals surface area contributed by atoms with E-state index in [1.54, 1.807) is 25.1 Å². The summed E-state index contributed by atoms with van der Waals surface area (Å²) in [6, 6.07) is 15.4. The number of hydrogen-bond acceptors (Lipinski definition) is 5. The Kier molecular flexibility index (Phi) is 4.54. The molecule has 3 aromatic carbocycles. The van der Waals surface area contributed by atoms with Crippen molar-refractivity contribution in [2.24, 2.45) is 0 Å². The minimum atomic E-state index is -4.18. The molecule has 7 heteroatoms. The number of benzene rings is 3.